The van der Waals surface area contributed by atoms with Gasteiger partial charge in [0, 0.05) is 24.5 Å². The Morgan fingerprint density at radius 3 is 2.75 bits per heavy atom. The maximum Gasteiger partial charge on any atom is 0.232 e. The molecule has 5 rings (SSSR count). The van der Waals surface area contributed by atoms with Gasteiger partial charge in [-0.1, -0.05) is 43.5 Å². The SMILES string of the molecule is N#Cc1ccc2c(c1)CCN(CCC1(C(=O)Nc3cc4ccccc4o3)CCCCC1)C2. The van der Waals surface area contributed by atoms with Crippen molar-refractivity contribution in [2.45, 2.75) is 51.5 Å². The number of carbonyl (C=O) groups is 1. The van der Waals surface area contributed by atoms with Crippen LogP contribution in [0.5, 0.6) is 0 Å². The number of anilines is 1. The van der Waals surface area contributed by atoms with E-state index < -0.39 is 0 Å². The molecule has 164 valence electrons. The van der Waals surface area contributed by atoms with Crippen LogP contribution in [0, 0.1) is 16.7 Å². The lowest BCUT2D eigenvalue weighted by Gasteiger charge is -2.38. The van der Waals surface area contributed by atoms with Crippen molar-refractivity contribution in [2.24, 2.45) is 5.41 Å². The van der Waals surface area contributed by atoms with E-state index in [2.05, 4.69) is 22.4 Å². The van der Waals surface area contributed by atoms with E-state index in [9.17, 15) is 4.79 Å². The molecule has 2 aliphatic rings. The smallest absolute Gasteiger partial charge is 0.232 e. The number of rotatable bonds is 5. The first-order valence-electron chi connectivity index (χ1n) is 11.7. The number of furan rings is 1. The van der Waals surface area contributed by atoms with Crippen molar-refractivity contribution in [3.63, 3.8) is 0 Å². The molecule has 0 atom stereocenters. The van der Waals surface area contributed by atoms with Gasteiger partial charge in [-0.2, -0.15) is 5.26 Å². The van der Waals surface area contributed by atoms with E-state index in [1.165, 1.54) is 17.5 Å². The molecule has 1 aliphatic carbocycles. The van der Waals surface area contributed by atoms with Crippen LogP contribution in [-0.2, 0) is 17.8 Å². The van der Waals surface area contributed by atoms with Gasteiger partial charge in [0.05, 0.1) is 17.0 Å². The molecular weight excluding hydrogens is 398 g/mol. The highest BCUT2D eigenvalue weighted by Crippen LogP contribution is 2.41. The van der Waals surface area contributed by atoms with E-state index in [0.717, 1.165) is 74.7 Å². The Bertz CT molecular complexity index is 1130. The fourth-order valence-electron chi connectivity index (χ4n) is 5.35. The number of amides is 1. The van der Waals surface area contributed by atoms with Crippen LogP contribution in [0.25, 0.3) is 11.0 Å². The van der Waals surface area contributed by atoms with Crippen molar-refractivity contribution in [1.29, 1.82) is 5.26 Å². The third-order valence-corrected chi connectivity index (χ3v) is 7.29. The maximum atomic E-state index is 13.5. The molecule has 1 amide bonds. The minimum Gasteiger partial charge on any atom is -0.440 e. The molecule has 0 unspecified atom stereocenters. The van der Waals surface area contributed by atoms with Crippen molar-refractivity contribution in [3.8, 4) is 6.07 Å². The van der Waals surface area contributed by atoms with Gasteiger partial charge in [-0.05, 0) is 61.6 Å². The summed E-state index contributed by atoms with van der Waals surface area (Å²) in [6, 6.07) is 18.0. The summed E-state index contributed by atoms with van der Waals surface area (Å²) in [5.74, 6) is 0.647. The van der Waals surface area contributed by atoms with Crippen molar-refractivity contribution >= 4 is 22.8 Å². The molecule has 3 aromatic rings. The summed E-state index contributed by atoms with van der Waals surface area (Å²) in [6.45, 7) is 2.78. The molecule has 1 fully saturated rings. The lowest BCUT2D eigenvalue weighted by molar-refractivity contribution is -0.128. The van der Waals surface area contributed by atoms with Gasteiger partial charge in [0.2, 0.25) is 11.8 Å². The van der Waals surface area contributed by atoms with Gasteiger partial charge < -0.3 is 4.42 Å². The van der Waals surface area contributed by atoms with E-state index in [-0.39, 0.29) is 11.3 Å². The minimum atomic E-state index is -0.331. The Hall–Kier alpha value is -3.10. The normalized spacial score (nSPS) is 18.1. The van der Waals surface area contributed by atoms with Crippen molar-refractivity contribution in [3.05, 3.63) is 65.2 Å². The zero-order chi connectivity index (χ0) is 22.0. The van der Waals surface area contributed by atoms with Gasteiger partial charge >= 0.3 is 0 Å². The van der Waals surface area contributed by atoms with E-state index in [4.69, 9.17) is 9.68 Å². The predicted octanol–water partition coefficient (Wildman–Crippen LogP) is 5.64. The molecule has 1 aliphatic heterocycles. The van der Waals surface area contributed by atoms with Crippen molar-refractivity contribution in [1.82, 2.24) is 4.90 Å². The third kappa shape index (κ3) is 4.16. The van der Waals surface area contributed by atoms with Gasteiger partial charge in [0.15, 0.2) is 0 Å². The molecule has 0 radical (unpaired) electrons. The monoisotopic (exact) mass is 427 g/mol. The summed E-state index contributed by atoms with van der Waals surface area (Å²) >= 11 is 0. The summed E-state index contributed by atoms with van der Waals surface area (Å²) in [7, 11) is 0. The molecular formula is C27H29N3O2. The van der Waals surface area contributed by atoms with E-state index in [1.807, 2.05) is 42.5 Å². The fourth-order valence-corrected chi connectivity index (χ4v) is 5.35. The predicted molar refractivity (Wildman–Crippen MR) is 125 cm³/mol. The number of benzene rings is 2. The Morgan fingerprint density at radius 1 is 1.09 bits per heavy atom. The molecule has 2 heterocycles. The molecule has 1 aromatic heterocycles. The highest BCUT2D eigenvalue weighted by molar-refractivity contribution is 5.96. The second kappa shape index (κ2) is 8.80. The molecule has 5 heteroatoms. The largest absolute Gasteiger partial charge is 0.440 e. The van der Waals surface area contributed by atoms with E-state index in [1.54, 1.807) is 0 Å². The van der Waals surface area contributed by atoms with Gasteiger partial charge in [0.1, 0.15) is 5.58 Å². The Kier molecular flexibility index (Phi) is 5.71. The third-order valence-electron chi connectivity index (χ3n) is 7.29. The summed E-state index contributed by atoms with van der Waals surface area (Å²) < 4.78 is 5.86. The first-order valence-corrected chi connectivity index (χ1v) is 11.7. The Morgan fingerprint density at radius 2 is 1.94 bits per heavy atom. The first kappa shape index (κ1) is 20.8. The first-order chi connectivity index (χ1) is 15.6. The highest BCUT2D eigenvalue weighted by Gasteiger charge is 2.40. The van der Waals surface area contributed by atoms with Gasteiger partial charge in [-0.25, -0.2) is 0 Å². The molecule has 2 aromatic carbocycles. The molecule has 1 saturated carbocycles. The number of carbonyl (C=O) groups excluding carboxylic acids is 1. The van der Waals surface area contributed by atoms with Gasteiger partial charge in [-0.15, -0.1) is 0 Å². The Balaban J connectivity index is 1.27. The van der Waals surface area contributed by atoms with Crippen LogP contribution in [0.1, 0.15) is 55.2 Å². The average molecular weight is 428 g/mol. The number of para-hydroxylation sites is 1. The molecule has 0 spiro atoms. The number of fused-ring (bicyclic) bond motifs is 2. The second-order valence-electron chi connectivity index (χ2n) is 9.32. The second-order valence-corrected chi connectivity index (χ2v) is 9.32. The topological polar surface area (TPSA) is 69.3 Å². The highest BCUT2D eigenvalue weighted by atomic mass is 16.4. The number of hydrogen-bond donors (Lipinski definition) is 1. The summed E-state index contributed by atoms with van der Waals surface area (Å²) in [6.07, 6.45) is 7.12. The van der Waals surface area contributed by atoms with Crippen molar-refractivity contribution < 1.29 is 9.21 Å². The van der Waals surface area contributed by atoms with Crippen LogP contribution in [0.4, 0.5) is 5.88 Å². The van der Waals surface area contributed by atoms with Crippen LogP contribution in [0.2, 0.25) is 0 Å². The fraction of sp³-hybridized carbons (Fsp3) is 0.407. The Labute approximate surface area is 189 Å². The lowest BCUT2D eigenvalue weighted by atomic mass is 9.71. The summed E-state index contributed by atoms with van der Waals surface area (Å²) in [4.78, 5) is 15.9. The van der Waals surface area contributed by atoms with Gasteiger partial charge in [-0.3, -0.25) is 15.0 Å². The average Bonchev–Trinajstić information content (AvgIpc) is 3.25. The maximum absolute atomic E-state index is 13.5. The number of nitrogens with one attached hydrogen (secondary N) is 1. The van der Waals surface area contributed by atoms with Gasteiger partial charge in [0.25, 0.3) is 0 Å². The summed E-state index contributed by atoms with van der Waals surface area (Å²) in [5.41, 5.74) is 3.80. The zero-order valence-corrected chi connectivity index (χ0v) is 18.4. The molecule has 0 saturated heterocycles. The van der Waals surface area contributed by atoms with Crippen LogP contribution in [0.3, 0.4) is 0 Å². The summed E-state index contributed by atoms with van der Waals surface area (Å²) in [5, 5.41) is 13.3. The number of nitrogens with zero attached hydrogens (tertiary/aromatic N) is 2. The van der Waals surface area contributed by atoms with E-state index >= 15 is 0 Å². The molecule has 1 N–H and O–H groups in total. The minimum absolute atomic E-state index is 0.104. The molecule has 32 heavy (non-hydrogen) atoms. The standard InChI is InChI=1S/C27H29N3O2/c28-18-20-8-9-23-19-30(14-10-21(23)16-20)15-13-27(11-4-1-5-12-27)26(31)29-25-17-22-6-2-3-7-24(22)32-25/h2-3,6-9,16-17H,1,4-5,10-15,19H2,(H,29,31). The van der Waals surface area contributed by atoms with Crippen molar-refractivity contribution in [2.75, 3.05) is 18.4 Å². The number of hydrogen-bond acceptors (Lipinski definition) is 4. The molecule has 0 bridgehead atoms. The quantitative estimate of drug-likeness (QED) is 0.572. The lowest BCUT2D eigenvalue weighted by Crippen LogP contribution is -2.42. The zero-order valence-electron chi connectivity index (χ0n) is 18.4. The van der Waals surface area contributed by atoms with Crippen LogP contribution in [-0.4, -0.2) is 23.9 Å². The van der Waals surface area contributed by atoms with Crippen LogP contribution in [0.15, 0.2) is 52.9 Å². The van der Waals surface area contributed by atoms with Crippen LogP contribution >= 0.6 is 0 Å². The number of nitriles is 1. The molecule has 5 nitrogen and oxygen atoms in total. The van der Waals surface area contributed by atoms with E-state index in [0.29, 0.717) is 5.88 Å². The van der Waals surface area contributed by atoms with Crippen LogP contribution < -0.4 is 5.32 Å².